The van der Waals surface area contributed by atoms with E-state index in [1.54, 1.807) is 6.08 Å². The quantitative estimate of drug-likeness (QED) is 0.0266. The number of hydrogen-bond donors (Lipinski definition) is 3. The lowest BCUT2D eigenvalue weighted by Gasteiger charge is -2.25. The third-order valence-electron chi connectivity index (χ3n) is 8.25. The summed E-state index contributed by atoms with van der Waals surface area (Å²) in [6.07, 6.45) is 38.9. The van der Waals surface area contributed by atoms with Crippen molar-refractivity contribution in [2.75, 3.05) is 40.9 Å². The van der Waals surface area contributed by atoms with Gasteiger partial charge < -0.3 is 19.8 Å². The fourth-order valence-corrected chi connectivity index (χ4v) is 5.80. The standard InChI is InChI=1S/C40H75N2O6P/c1-6-8-10-12-14-16-18-20-21-22-23-25-27-29-31-33-39(43)38(37-48-49(45,46)47-36-35-42(3,4)5)41-40(44)34-32-30-28-26-24-19-17-15-13-11-9-7-2/h15,17-18,20,23,25,31,33,38-39,43H,6-14,16,19,21-22,24,26-30,32,34-37H2,1-5H3,(H-,41,44,45,46)/p+1/b17-15-,20-18+,25-23+,33-31+. The lowest BCUT2D eigenvalue weighted by Crippen LogP contribution is -2.45. The Kier molecular flexibility index (Phi) is 31.4. The summed E-state index contributed by atoms with van der Waals surface area (Å²) in [4.78, 5) is 23.0. The molecule has 0 aliphatic rings. The molecule has 0 heterocycles. The van der Waals surface area contributed by atoms with Crippen molar-refractivity contribution >= 4 is 13.7 Å². The van der Waals surface area contributed by atoms with Crippen LogP contribution in [0, 0.1) is 0 Å². The zero-order valence-corrected chi connectivity index (χ0v) is 33.1. The summed E-state index contributed by atoms with van der Waals surface area (Å²) in [5.41, 5.74) is 0. The molecule has 1 amide bonds. The Hall–Kier alpha value is -1.54. The summed E-state index contributed by atoms with van der Waals surface area (Å²) in [6.45, 7) is 4.70. The monoisotopic (exact) mass is 712 g/mol. The Balaban J connectivity index is 4.64. The molecule has 0 rings (SSSR count). The van der Waals surface area contributed by atoms with E-state index < -0.39 is 20.0 Å². The molecule has 0 spiro atoms. The number of carbonyl (C=O) groups is 1. The highest BCUT2D eigenvalue weighted by Gasteiger charge is 2.27. The highest BCUT2D eigenvalue weighted by Crippen LogP contribution is 2.43. The van der Waals surface area contributed by atoms with Crippen LogP contribution in [0.1, 0.15) is 149 Å². The minimum atomic E-state index is -4.34. The Morgan fingerprint density at radius 1 is 0.673 bits per heavy atom. The number of allylic oxidation sites excluding steroid dienone is 7. The first-order valence-corrected chi connectivity index (χ1v) is 21.0. The fraction of sp³-hybridized carbons (Fsp3) is 0.775. The summed E-state index contributed by atoms with van der Waals surface area (Å²) in [5, 5.41) is 13.7. The molecule has 3 N–H and O–H groups in total. The van der Waals surface area contributed by atoms with Gasteiger partial charge in [-0.15, -0.1) is 0 Å². The third-order valence-corrected chi connectivity index (χ3v) is 9.23. The molecule has 8 nitrogen and oxygen atoms in total. The first-order chi connectivity index (χ1) is 23.5. The predicted octanol–water partition coefficient (Wildman–Crippen LogP) is 10.1. The highest BCUT2D eigenvalue weighted by molar-refractivity contribution is 7.47. The van der Waals surface area contributed by atoms with Crippen LogP contribution >= 0.6 is 7.82 Å². The molecule has 0 aromatic rings. The van der Waals surface area contributed by atoms with Crippen molar-refractivity contribution in [1.29, 1.82) is 0 Å². The lowest BCUT2D eigenvalue weighted by molar-refractivity contribution is -0.870. The molecule has 0 aliphatic heterocycles. The number of carbonyl (C=O) groups excluding carboxylic acids is 1. The van der Waals surface area contributed by atoms with Gasteiger partial charge in [-0.2, -0.15) is 0 Å². The van der Waals surface area contributed by atoms with E-state index in [-0.39, 0.29) is 19.1 Å². The van der Waals surface area contributed by atoms with Gasteiger partial charge in [0.1, 0.15) is 13.2 Å². The summed E-state index contributed by atoms with van der Waals surface area (Å²) >= 11 is 0. The molecule has 49 heavy (non-hydrogen) atoms. The number of hydrogen-bond acceptors (Lipinski definition) is 5. The van der Waals surface area contributed by atoms with Crippen molar-refractivity contribution in [2.24, 2.45) is 0 Å². The van der Waals surface area contributed by atoms with Crippen LogP contribution in [-0.4, -0.2) is 73.4 Å². The summed E-state index contributed by atoms with van der Waals surface area (Å²) in [5.74, 6) is -0.205. The van der Waals surface area contributed by atoms with E-state index in [1.165, 1.54) is 70.6 Å². The normalized spacial score (nSPS) is 15.2. The van der Waals surface area contributed by atoms with Crippen molar-refractivity contribution in [3.63, 3.8) is 0 Å². The van der Waals surface area contributed by atoms with Gasteiger partial charge in [0.2, 0.25) is 5.91 Å². The number of quaternary nitrogens is 1. The van der Waals surface area contributed by atoms with Crippen LogP contribution in [0.2, 0.25) is 0 Å². The molecule has 3 atom stereocenters. The van der Waals surface area contributed by atoms with Crippen LogP contribution < -0.4 is 5.32 Å². The van der Waals surface area contributed by atoms with E-state index in [2.05, 4.69) is 55.6 Å². The topological polar surface area (TPSA) is 105 Å². The van der Waals surface area contributed by atoms with E-state index in [1.807, 2.05) is 27.2 Å². The first kappa shape index (κ1) is 47.5. The van der Waals surface area contributed by atoms with E-state index in [0.29, 0.717) is 17.4 Å². The molecule has 0 aromatic heterocycles. The number of phosphoric ester groups is 1. The largest absolute Gasteiger partial charge is 0.472 e. The molecule has 286 valence electrons. The van der Waals surface area contributed by atoms with Crippen molar-refractivity contribution in [3.8, 4) is 0 Å². The average Bonchev–Trinajstić information content (AvgIpc) is 3.04. The van der Waals surface area contributed by atoms with Gasteiger partial charge in [-0.3, -0.25) is 13.8 Å². The number of unbranched alkanes of at least 4 members (excludes halogenated alkanes) is 15. The molecular weight excluding hydrogens is 635 g/mol. The van der Waals surface area contributed by atoms with Gasteiger partial charge >= 0.3 is 7.82 Å². The highest BCUT2D eigenvalue weighted by atomic mass is 31.2. The number of phosphoric acid groups is 1. The number of aliphatic hydroxyl groups is 1. The lowest BCUT2D eigenvalue weighted by atomic mass is 10.1. The Morgan fingerprint density at radius 3 is 1.67 bits per heavy atom. The van der Waals surface area contributed by atoms with Crippen LogP contribution in [0.5, 0.6) is 0 Å². The molecule has 0 saturated heterocycles. The van der Waals surface area contributed by atoms with Gasteiger partial charge in [-0.25, -0.2) is 4.57 Å². The minimum absolute atomic E-state index is 0.0505. The molecule has 0 radical (unpaired) electrons. The van der Waals surface area contributed by atoms with Crippen LogP contribution in [0.4, 0.5) is 0 Å². The zero-order valence-electron chi connectivity index (χ0n) is 32.2. The van der Waals surface area contributed by atoms with Gasteiger partial charge in [0.05, 0.1) is 39.9 Å². The number of nitrogens with zero attached hydrogens (tertiary/aromatic N) is 1. The summed E-state index contributed by atoms with van der Waals surface area (Å²) < 4.78 is 23.4. The maximum absolute atomic E-state index is 12.8. The molecule has 0 fully saturated rings. The second-order valence-corrected chi connectivity index (χ2v) is 15.7. The second-order valence-electron chi connectivity index (χ2n) is 14.3. The van der Waals surface area contributed by atoms with Crippen LogP contribution in [0.3, 0.4) is 0 Å². The fourth-order valence-electron chi connectivity index (χ4n) is 5.06. The molecule has 3 unspecified atom stereocenters. The Morgan fingerprint density at radius 2 is 1.12 bits per heavy atom. The number of likely N-dealkylation sites (N-methyl/N-ethyl adjacent to an activating group) is 1. The molecule has 0 aromatic carbocycles. The molecular formula is C40H76N2O6P+. The predicted molar refractivity (Wildman–Crippen MR) is 207 cm³/mol. The van der Waals surface area contributed by atoms with Gasteiger partial charge in [0, 0.05) is 6.42 Å². The summed E-state index contributed by atoms with van der Waals surface area (Å²) in [6, 6.07) is -0.871. The maximum Gasteiger partial charge on any atom is 0.472 e. The van der Waals surface area contributed by atoms with Crippen LogP contribution in [0.25, 0.3) is 0 Å². The van der Waals surface area contributed by atoms with Crippen LogP contribution in [-0.2, 0) is 18.4 Å². The smallest absolute Gasteiger partial charge is 0.387 e. The van der Waals surface area contributed by atoms with Gasteiger partial charge in [-0.1, -0.05) is 120 Å². The third kappa shape index (κ3) is 34.7. The number of amides is 1. The number of nitrogens with one attached hydrogen (secondary N) is 1. The maximum atomic E-state index is 12.8. The number of aliphatic hydroxyl groups excluding tert-OH is 1. The Labute approximate surface area is 301 Å². The van der Waals surface area contributed by atoms with E-state index in [9.17, 15) is 19.4 Å². The van der Waals surface area contributed by atoms with E-state index >= 15 is 0 Å². The first-order valence-electron chi connectivity index (χ1n) is 19.5. The molecule has 0 aliphatic carbocycles. The van der Waals surface area contributed by atoms with Gasteiger partial charge in [-0.05, 0) is 70.6 Å². The number of rotatable bonds is 34. The summed E-state index contributed by atoms with van der Waals surface area (Å²) in [7, 11) is 1.53. The SMILES string of the molecule is CCCCC/C=C\CCCCCCCC(=O)NC(COP(=O)(O)OCC[N+](C)(C)C)C(O)/C=C/CC/C=C/CC/C=C/CCCCCCC. The Bertz CT molecular complexity index is 944. The second kappa shape index (κ2) is 32.4. The van der Waals surface area contributed by atoms with Crippen molar-refractivity contribution in [2.45, 2.75) is 161 Å². The molecule has 0 saturated carbocycles. The zero-order chi connectivity index (χ0) is 36.5. The minimum Gasteiger partial charge on any atom is -0.387 e. The van der Waals surface area contributed by atoms with Crippen molar-refractivity contribution in [1.82, 2.24) is 5.32 Å². The average molecular weight is 712 g/mol. The van der Waals surface area contributed by atoms with Crippen LogP contribution in [0.15, 0.2) is 48.6 Å². The molecule has 0 bridgehead atoms. The van der Waals surface area contributed by atoms with Gasteiger partial charge in [0.25, 0.3) is 0 Å². The van der Waals surface area contributed by atoms with E-state index in [0.717, 1.165) is 57.8 Å². The van der Waals surface area contributed by atoms with Gasteiger partial charge in [0.15, 0.2) is 0 Å². The van der Waals surface area contributed by atoms with Crippen molar-refractivity contribution < 1.29 is 32.9 Å². The van der Waals surface area contributed by atoms with E-state index in [4.69, 9.17) is 9.05 Å². The van der Waals surface area contributed by atoms with Crippen molar-refractivity contribution in [3.05, 3.63) is 48.6 Å². The molecule has 9 heteroatoms.